The summed E-state index contributed by atoms with van der Waals surface area (Å²) in [5.74, 6) is -0.886. The zero-order valence-corrected chi connectivity index (χ0v) is 12.5. The number of amides is 2. The van der Waals surface area contributed by atoms with E-state index >= 15 is 0 Å². The van der Waals surface area contributed by atoms with E-state index in [4.69, 9.17) is 5.11 Å². The predicted octanol–water partition coefficient (Wildman–Crippen LogP) is 2.21. The molecule has 0 radical (unpaired) electrons. The lowest BCUT2D eigenvalue weighted by molar-refractivity contribution is -0.137. The molecule has 0 saturated heterocycles. The predicted molar refractivity (Wildman–Crippen MR) is 77.6 cm³/mol. The molecule has 0 aromatic carbocycles. The molecule has 0 bridgehead atoms. The summed E-state index contributed by atoms with van der Waals surface area (Å²) >= 11 is 1.82. The van der Waals surface area contributed by atoms with Crippen molar-refractivity contribution in [2.75, 3.05) is 12.8 Å². The Balaban J connectivity index is 2.35. The molecule has 1 unspecified atom stereocenters. The Morgan fingerprint density at radius 2 is 2.00 bits per heavy atom. The topological polar surface area (TPSA) is 78.4 Å². The van der Waals surface area contributed by atoms with Crippen molar-refractivity contribution < 1.29 is 14.7 Å². The summed E-state index contributed by atoms with van der Waals surface area (Å²) in [6.45, 7) is 2.53. The van der Waals surface area contributed by atoms with Gasteiger partial charge in [0.2, 0.25) is 0 Å². The van der Waals surface area contributed by atoms with Gasteiger partial charge in [0.25, 0.3) is 0 Å². The number of carbonyl (C=O) groups excluding carboxylic acids is 1. The van der Waals surface area contributed by atoms with Crippen molar-refractivity contribution in [2.45, 2.75) is 56.2 Å². The fraction of sp³-hybridized carbons (Fsp3) is 0.846. The van der Waals surface area contributed by atoms with E-state index < -0.39 is 5.97 Å². The second kappa shape index (κ2) is 7.62. The maximum atomic E-state index is 11.8. The fourth-order valence-electron chi connectivity index (χ4n) is 2.46. The van der Waals surface area contributed by atoms with E-state index in [1.165, 1.54) is 12.8 Å². The number of rotatable bonds is 7. The first kappa shape index (κ1) is 16.1. The van der Waals surface area contributed by atoms with Crippen LogP contribution in [0.15, 0.2) is 0 Å². The maximum absolute atomic E-state index is 11.8. The van der Waals surface area contributed by atoms with E-state index in [0.29, 0.717) is 13.0 Å². The molecule has 3 N–H and O–H groups in total. The smallest absolute Gasteiger partial charge is 0.315 e. The van der Waals surface area contributed by atoms with E-state index in [1.807, 2.05) is 18.7 Å². The molecule has 0 aromatic heterocycles. The van der Waals surface area contributed by atoms with Crippen molar-refractivity contribution in [1.29, 1.82) is 0 Å². The van der Waals surface area contributed by atoms with E-state index in [9.17, 15) is 9.59 Å². The highest BCUT2D eigenvalue weighted by molar-refractivity contribution is 8.00. The summed E-state index contributed by atoms with van der Waals surface area (Å²) in [4.78, 5) is 22.4. The van der Waals surface area contributed by atoms with Crippen LogP contribution in [0, 0.1) is 0 Å². The summed E-state index contributed by atoms with van der Waals surface area (Å²) in [6.07, 6.45) is 7.40. The third-order valence-corrected chi connectivity index (χ3v) is 5.19. The summed E-state index contributed by atoms with van der Waals surface area (Å²) in [6, 6.07) is -0.556. The number of nitrogens with one attached hydrogen (secondary N) is 2. The van der Waals surface area contributed by atoms with Gasteiger partial charge in [-0.25, -0.2) is 4.79 Å². The molecule has 1 aliphatic rings. The number of carbonyl (C=O) groups is 2. The Bertz CT molecular complexity index is 317. The maximum Gasteiger partial charge on any atom is 0.315 e. The molecule has 0 aliphatic heterocycles. The minimum atomic E-state index is -0.886. The molecule has 0 spiro atoms. The van der Waals surface area contributed by atoms with Gasteiger partial charge in [-0.3, -0.25) is 4.79 Å². The highest BCUT2D eigenvalue weighted by Gasteiger charge is 2.33. The van der Waals surface area contributed by atoms with Gasteiger partial charge in [-0.2, -0.15) is 11.8 Å². The first-order valence-electron chi connectivity index (χ1n) is 6.82. The lowest BCUT2D eigenvalue weighted by atomic mass is 10.1. The van der Waals surface area contributed by atoms with Crippen molar-refractivity contribution in [2.24, 2.45) is 0 Å². The Hall–Kier alpha value is -0.910. The minimum absolute atomic E-state index is 0.0302. The molecular formula is C13H24N2O3S. The molecule has 6 heteroatoms. The molecule has 1 saturated carbocycles. The Labute approximate surface area is 118 Å². The third kappa shape index (κ3) is 5.30. The highest BCUT2D eigenvalue weighted by atomic mass is 32.2. The number of hydrogen-bond acceptors (Lipinski definition) is 3. The fourth-order valence-corrected chi connectivity index (χ4v) is 3.37. The van der Waals surface area contributed by atoms with Crippen molar-refractivity contribution in [3.63, 3.8) is 0 Å². The second-order valence-corrected chi connectivity index (χ2v) is 6.40. The Morgan fingerprint density at radius 1 is 1.37 bits per heavy atom. The molecule has 5 nitrogen and oxygen atoms in total. The van der Waals surface area contributed by atoms with Crippen molar-refractivity contribution in [3.8, 4) is 0 Å². The van der Waals surface area contributed by atoms with Gasteiger partial charge in [-0.15, -0.1) is 0 Å². The monoisotopic (exact) mass is 288 g/mol. The molecule has 19 heavy (non-hydrogen) atoms. The first-order chi connectivity index (χ1) is 9.01. The van der Waals surface area contributed by atoms with Crippen molar-refractivity contribution in [1.82, 2.24) is 10.6 Å². The minimum Gasteiger partial charge on any atom is -0.481 e. The van der Waals surface area contributed by atoms with Crippen LogP contribution >= 0.6 is 11.8 Å². The highest BCUT2D eigenvalue weighted by Crippen LogP contribution is 2.39. The van der Waals surface area contributed by atoms with Gasteiger partial charge >= 0.3 is 12.0 Å². The first-order valence-corrected chi connectivity index (χ1v) is 8.05. The number of hydrogen-bond donors (Lipinski definition) is 3. The lowest BCUT2D eigenvalue weighted by Gasteiger charge is -2.27. The van der Waals surface area contributed by atoms with Gasteiger partial charge in [0.05, 0.1) is 6.42 Å². The second-order valence-electron chi connectivity index (χ2n) is 5.12. The lowest BCUT2D eigenvalue weighted by Crippen LogP contribution is -2.47. The van der Waals surface area contributed by atoms with E-state index in [2.05, 4.69) is 16.9 Å². The van der Waals surface area contributed by atoms with Gasteiger partial charge in [-0.05, 0) is 25.5 Å². The number of urea groups is 1. The molecule has 1 aliphatic carbocycles. The standard InChI is InChI=1S/C13H24N2O3S/c1-3-10(8-11(16)17)15-12(18)14-9-13(19-2)6-4-5-7-13/h10H,3-9H2,1-2H3,(H,16,17)(H2,14,15,18). The van der Waals surface area contributed by atoms with Crippen LogP contribution in [0.25, 0.3) is 0 Å². The van der Waals surface area contributed by atoms with Crippen LogP contribution in [0.2, 0.25) is 0 Å². The van der Waals surface area contributed by atoms with Gasteiger partial charge < -0.3 is 15.7 Å². The van der Waals surface area contributed by atoms with E-state index in [-0.39, 0.29) is 23.2 Å². The molecule has 0 heterocycles. The SMILES string of the molecule is CCC(CC(=O)O)NC(=O)NCC1(SC)CCCC1. The molecule has 0 aromatic rings. The summed E-state index contributed by atoms with van der Waals surface area (Å²) in [7, 11) is 0. The average Bonchev–Trinajstić information content (AvgIpc) is 2.84. The molecule has 1 rings (SSSR count). The molecule has 2 amide bonds. The quantitative estimate of drug-likeness (QED) is 0.671. The molecule has 110 valence electrons. The van der Waals surface area contributed by atoms with Gasteiger partial charge in [0.15, 0.2) is 0 Å². The van der Waals surface area contributed by atoms with E-state index in [0.717, 1.165) is 12.8 Å². The molecule has 1 fully saturated rings. The average molecular weight is 288 g/mol. The van der Waals surface area contributed by atoms with Crippen molar-refractivity contribution >= 4 is 23.8 Å². The number of aliphatic carboxylic acids is 1. The summed E-state index contributed by atoms with van der Waals surface area (Å²) < 4.78 is 0.172. The summed E-state index contributed by atoms with van der Waals surface area (Å²) in [5, 5.41) is 14.3. The Morgan fingerprint density at radius 3 is 2.47 bits per heavy atom. The zero-order chi connectivity index (χ0) is 14.3. The number of thioether (sulfide) groups is 1. The van der Waals surface area contributed by atoms with Crippen LogP contribution in [0.5, 0.6) is 0 Å². The molecular weight excluding hydrogens is 264 g/mol. The van der Waals surface area contributed by atoms with Crippen LogP contribution in [0.1, 0.15) is 45.4 Å². The van der Waals surface area contributed by atoms with E-state index in [1.54, 1.807) is 0 Å². The summed E-state index contributed by atoms with van der Waals surface area (Å²) in [5.41, 5.74) is 0. The van der Waals surface area contributed by atoms with Crippen molar-refractivity contribution in [3.05, 3.63) is 0 Å². The van der Waals surface area contributed by atoms with Gasteiger partial charge in [0.1, 0.15) is 0 Å². The van der Waals surface area contributed by atoms with Crippen LogP contribution in [0.3, 0.4) is 0 Å². The third-order valence-electron chi connectivity index (χ3n) is 3.77. The van der Waals surface area contributed by atoms with Crippen LogP contribution in [0.4, 0.5) is 4.79 Å². The van der Waals surface area contributed by atoms with Gasteiger partial charge in [0, 0.05) is 17.3 Å². The van der Waals surface area contributed by atoms with Crippen LogP contribution in [-0.4, -0.2) is 40.7 Å². The number of carboxylic acid groups (broad SMARTS) is 1. The van der Waals surface area contributed by atoms with Crippen LogP contribution < -0.4 is 10.6 Å². The van der Waals surface area contributed by atoms with Crippen LogP contribution in [-0.2, 0) is 4.79 Å². The Kier molecular flexibility index (Phi) is 6.48. The van der Waals surface area contributed by atoms with Gasteiger partial charge in [-0.1, -0.05) is 19.8 Å². The molecule has 1 atom stereocenters. The zero-order valence-electron chi connectivity index (χ0n) is 11.7. The largest absolute Gasteiger partial charge is 0.481 e. The normalized spacial score (nSPS) is 18.8. The number of carboxylic acids is 1.